The van der Waals surface area contributed by atoms with Crippen LogP contribution in [0.5, 0.6) is 5.75 Å². The molecule has 1 aliphatic heterocycles. The second kappa shape index (κ2) is 8.69. The first-order valence-corrected chi connectivity index (χ1v) is 9.36. The summed E-state index contributed by atoms with van der Waals surface area (Å²) in [7, 11) is 0. The van der Waals surface area contributed by atoms with Crippen LogP contribution in [0, 0.1) is 17.2 Å². The highest BCUT2D eigenvalue weighted by atomic mass is 16.5. The predicted octanol–water partition coefficient (Wildman–Crippen LogP) is 2.68. The fraction of sp³-hybridized carbons (Fsp3) is 0.450. The maximum absolute atomic E-state index is 9.42. The smallest absolute Gasteiger partial charge is 0.222 e. The summed E-state index contributed by atoms with van der Waals surface area (Å²) in [5, 5.41) is 9.42. The van der Waals surface area contributed by atoms with E-state index in [0.717, 1.165) is 18.9 Å². The Hall–Kier alpha value is -2.85. The van der Waals surface area contributed by atoms with E-state index in [9.17, 15) is 5.26 Å². The van der Waals surface area contributed by atoms with Gasteiger partial charge >= 0.3 is 0 Å². The number of hydrogen-bond donors (Lipinski definition) is 2. The number of benzene rings is 1. The molecule has 1 aromatic carbocycles. The molecule has 0 aliphatic carbocycles. The van der Waals surface area contributed by atoms with Gasteiger partial charge in [0.15, 0.2) is 0 Å². The Balaban J connectivity index is 1.69. The number of nitrogens with two attached hydrogens (primary N) is 2. The molecule has 2 heterocycles. The van der Waals surface area contributed by atoms with Crippen LogP contribution in [0.1, 0.15) is 31.7 Å². The zero-order valence-electron chi connectivity index (χ0n) is 15.7. The predicted molar refractivity (Wildman–Crippen MR) is 106 cm³/mol. The Labute approximate surface area is 160 Å². The van der Waals surface area contributed by atoms with Gasteiger partial charge in [-0.05, 0) is 43.9 Å². The largest absolute Gasteiger partial charge is 0.493 e. The van der Waals surface area contributed by atoms with Crippen molar-refractivity contribution in [3.63, 3.8) is 0 Å². The van der Waals surface area contributed by atoms with E-state index in [-0.39, 0.29) is 17.3 Å². The normalized spacial score (nSPS) is 17.4. The molecule has 0 saturated carbocycles. The summed E-state index contributed by atoms with van der Waals surface area (Å²) in [5.41, 5.74) is 12.9. The number of para-hydroxylation sites is 1. The molecule has 1 saturated heterocycles. The van der Waals surface area contributed by atoms with Gasteiger partial charge in [-0.25, -0.2) is 4.98 Å². The molecule has 27 heavy (non-hydrogen) atoms. The van der Waals surface area contributed by atoms with Crippen molar-refractivity contribution in [2.75, 3.05) is 37.7 Å². The molecule has 0 amide bonds. The lowest BCUT2D eigenvalue weighted by atomic mass is 10.0. The molecule has 7 heteroatoms. The fourth-order valence-electron chi connectivity index (χ4n) is 3.55. The van der Waals surface area contributed by atoms with E-state index in [0.29, 0.717) is 23.6 Å². The Bertz CT molecular complexity index is 832. The molecule has 1 aromatic heterocycles. The monoisotopic (exact) mass is 366 g/mol. The van der Waals surface area contributed by atoms with E-state index >= 15 is 0 Å². The van der Waals surface area contributed by atoms with Crippen molar-refractivity contribution in [2.24, 2.45) is 5.92 Å². The summed E-state index contributed by atoms with van der Waals surface area (Å²) >= 11 is 0. The van der Waals surface area contributed by atoms with Gasteiger partial charge in [-0.3, -0.25) is 0 Å². The Morgan fingerprint density at radius 2 is 2.11 bits per heavy atom. The lowest BCUT2D eigenvalue weighted by molar-refractivity contribution is 0.170. The van der Waals surface area contributed by atoms with E-state index in [1.54, 1.807) is 0 Å². The number of likely N-dealkylation sites (tertiary alicyclic amines) is 1. The summed E-state index contributed by atoms with van der Waals surface area (Å²) < 4.78 is 6.01. The molecule has 0 radical (unpaired) electrons. The second-order valence-corrected chi connectivity index (χ2v) is 7.05. The Kier molecular flexibility index (Phi) is 6.09. The molecule has 2 aromatic rings. The lowest BCUT2D eigenvalue weighted by Gasteiger charge is -2.30. The van der Waals surface area contributed by atoms with Gasteiger partial charge in [0.1, 0.15) is 23.2 Å². The average molecular weight is 366 g/mol. The SMILES string of the molecule is CC1CCCN(CCCOc2ccccc2-c2nc(N)nc(N)c2C#N)C1. The second-order valence-electron chi connectivity index (χ2n) is 7.05. The van der Waals surface area contributed by atoms with E-state index in [1.165, 1.54) is 25.9 Å². The van der Waals surface area contributed by atoms with E-state index in [1.807, 2.05) is 24.3 Å². The van der Waals surface area contributed by atoms with Gasteiger partial charge in [0.25, 0.3) is 0 Å². The number of nitrogens with zero attached hydrogens (tertiary/aromatic N) is 4. The molecular formula is C20H26N6O. The van der Waals surface area contributed by atoms with Gasteiger partial charge in [0, 0.05) is 18.7 Å². The number of aromatic nitrogens is 2. The van der Waals surface area contributed by atoms with Crippen molar-refractivity contribution in [1.29, 1.82) is 5.26 Å². The molecule has 1 unspecified atom stereocenters. The van der Waals surface area contributed by atoms with Crippen molar-refractivity contribution in [2.45, 2.75) is 26.2 Å². The molecule has 1 atom stereocenters. The molecule has 0 spiro atoms. The van der Waals surface area contributed by atoms with Gasteiger partial charge < -0.3 is 21.1 Å². The van der Waals surface area contributed by atoms with Crippen LogP contribution in [0.3, 0.4) is 0 Å². The molecular weight excluding hydrogens is 340 g/mol. The standard InChI is InChI=1S/C20H26N6O/c1-14-6-4-9-26(13-14)10-5-11-27-17-8-3-2-7-15(17)18-16(12-21)19(22)25-20(23)24-18/h2-3,7-8,14H,4-6,9-11,13H2,1H3,(H4,22,23,24,25). The summed E-state index contributed by atoms with van der Waals surface area (Å²) in [4.78, 5) is 10.6. The number of ether oxygens (including phenoxy) is 1. The maximum Gasteiger partial charge on any atom is 0.222 e. The van der Waals surface area contributed by atoms with Gasteiger partial charge in [-0.15, -0.1) is 0 Å². The zero-order chi connectivity index (χ0) is 19.2. The first-order chi connectivity index (χ1) is 13.1. The van der Waals surface area contributed by atoms with Gasteiger partial charge in [-0.2, -0.15) is 10.2 Å². The summed E-state index contributed by atoms with van der Waals surface area (Å²) in [5.74, 6) is 1.56. The fourth-order valence-corrected chi connectivity index (χ4v) is 3.55. The van der Waals surface area contributed by atoms with Crippen molar-refractivity contribution < 1.29 is 4.74 Å². The van der Waals surface area contributed by atoms with Gasteiger partial charge in [0.2, 0.25) is 5.95 Å². The number of nitriles is 1. The van der Waals surface area contributed by atoms with Crippen LogP contribution in [0.25, 0.3) is 11.3 Å². The third kappa shape index (κ3) is 4.66. The molecule has 1 aliphatic rings. The molecule has 0 bridgehead atoms. The van der Waals surface area contributed by atoms with Gasteiger partial charge in [-0.1, -0.05) is 19.1 Å². The van der Waals surface area contributed by atoms with Crippen LogP contribution in [-0.4, -0.2) is 41.1 Å². The minimum Gasteiger partial charge on any atom is -0.493 e. The Morgan fingerprint density at radius 3 is 2.89 bits per heavy atom. The minimum atomic E-state index is 0.0375. The average Bonchev–Trinajstić information content (AvgIpc) is 2.65. The zero-order valence-corrected chi connectivity index (χ0v) is 15.7. The third-order valence-electron chi connectivity index (χ3n) is 4.83. The van der Waals surface area contributed by atoms with Crippen molar-refractivity contribution in [3.05, 3.63) is 29.8 Å². The highest BCUT2D eigenvalue weighted by Crippen LogP contribution is 2.32. The van der Waals surface area contributed by atoms with Crippen molar-refractivity contribution in [1.82, 2.24) is 14.9 Å². The van der Waals surface area contributed by atoms with Crippen LogP contribution in [0.4, 0.5) is 11.8 Å². The highest BCUT2D eigenvalue weighted by molar-refractivity contribution is 5.77. The van der Waals surface area contributed by atoms with Gasteiger partial charge in [0.05, 0.1) is 12.3 Å². The highest BCUT2D eigenvalue weighted by Gasteiger charge is 2.18. The number of piperidine rings is 1. The molecule has 142 valence electrons. The van der Waals surface area contributed by atoms with E-state index in [4.69, 9.17) is 16.2 Å². The molecule has 1 fully saturated rings. The first kappa shape index (κ1) is 18.9. The number of rotatable bonds is 6. The summed E-state index contributed by atoms with van der Waals surface area (Å²) in [6.45, 7) is 6.28. The minimum absolute atomic E-state index is 0.0375. The lowest BCUT2D eigenvalue weighted by Crippen LogP contribution is -2.35. The van der Waals surface area contributed by atoms with E-state index in [2.05, 4.69) is 27.9 Å². The van der Waals surface area contributed by atoms with Crippen LogP contribution < -0.4 is 16.2 Å². The summed E-state index contributed by atoms with van der Waals surface area (Å²) in [6, 6.07) is 9.55. The van der Waals surface area contributed by atoms with Crippen LogP contribution in [0.15, 0.2) is 24.3 Å². The van der Waals surface area contributed by atoms with Crippen LogP contribution >= 0.6 is 0 Å². The van der Waals surface area contributed by atoms with Crippen LogP contribution in [0.2, 0.25) is 0 Å². The van der Waals surface area contributed by atoms with E-state index < -0.39 is 0 Å². The third-order valence-corrected chi connectivity index (χ3v) is 4.83. The number of hydrogen-bond acceptors (Lipinski definition) is 7. The number of anilines is 2. The van der Waals surface area contributed by atoms with Crippen LogP contribution in [-0.2, 0) is 0 Å². The van der Waals surface area contributed by atoms with Crippen molar-refractivity contribution >= 4 is 11.8 Å². The maximum atomic E-state index is 9.42. The quantitative estimate of drug-likeness (QED) is 0.755. The van der Waals surface area contributed by atoms with Crippen molar-refractivity contribution in [3.8, 4) is 23.1 Å². The molecule has 7 nitrogen and oxygen atoms in total. The Morgan fingerprint density at radius 1 is 1.30 bits per heavy atom. The summed E-state index contributed by atoms with van der Waals surface area (Å²) in [6.07, 6.45) is 3.55. The topological polar surface area (TPSA) is 114 Å². The first-order valence-electron chi connectivity index (χ1n) is 9.36. The number of nitrogen functional groups attached to an aromatic ring is 2. The molecule has 3 rings (SSSR count). The molecule has 4 N–H and O–H groups in total.